The Labute approximate surface area is 191 Å². The Morgan fingerprint density at radius 3 is 2.70 bits per heavy atom. The number of nitrogens with one attached hydrogen (secondary N) is 1. The number of benzene rings is 1. The molecular weight excluding hydrogens is 424 g/mol. The van der Waals surface area contributed by atoms with Crippen LogP contribution in [0.15, 0.2) is 59.5 Å². The topological polar surface area (TPSA) is 98.8 Å². The summed E-state index contributed by atoms with van der Waals surface area (Å²) >= 11 is 0. The lowest BCUT2D eigenvalue weighted by atomic mass is 9.88. The number of aromatic nitrogens is 2. The number of hydrogen-bond donors (Lipinski definition) is 1. The Kier molecular flexibility index (Phi) is 5.63. The molecule has 0 bridgehead atoms. The predicted octanol–water partition coefficient (Wildman–Crippen LogP) is 2.33. The molecule has 2 aliphatic heterocycles. The third-order valence-corrected chi connectivity index (χ3v) is 6.36. The van der Waals surface area contributed by atoms with Crippen LogP contribution in [0.2, 0.25) is 0 Å². The number of fused-ring (bicyclic) bond motifs is 2. The van der Waals surface area contributed by atoms with Gasteiger partial charge in [0, 0.05) is 44.9 Å². The van der Waals surface area contributed by atoms with Gasteiger partial charge < -0.3 is 28.7 Å². The molecule has 0 radical (unpaired) electrons. The fourth-order valence-corrected chi connectivity index (χ4v) is 4.55. The van der Waals surface area contributed by atoms with Crippen molar-refractivity contribution in [2.45, 2.75) is 37.6 Å². The average molecular weight is 450 g/mol. The second-order valence-electron chi connectivity index (χ2n) is 8.34. The van der Waals surface area contributed by atoms with Crippen molar-refractivity contribution < 1.29 is 23.5 Å². The van der Waals surface area contributed by atoms with Gasteiger partial charge in [0.1, 0.15) is 17.2 Å². The number of amides is 2. The van der Waals surface area contributed by atoms with Crippen molar-refractivity contribution >= 4 is 11.8 Å². The third kappa shape index (κ3) is 4.11. The maximum atomic E-state index is 13.0. The fourth-order valence-electron chi connectivity index (χ4n) is 4.55. The van der Waals surface area contributed by atoms with E-state index < -0.39 is 11.7 Å². The van der Waals surface area contributed by atoms with E-state index in [9.17, 15) is 9.59 Å². The molecule has 0 aliphatic carbocycles. The highest BCUT2D eigenvalue weighted by molar-refractivity contribution is 5.91. The summed E-state index contributed by atoms with van der Waals surface area (Å²) in [5.74, 6) is 1.60. The number of imidazole rings is 1. The number of furan rings is 1. The van der Waals surface area contributed by atoms with E-state index in [-0.39, 0.29) is 11.8 Å². The molecule has 3 aromatic rings. The Morgan fingerprint density at radius 2 is 2.00 bits per heavy atom. The van der Waals surface area contributed by atoms with Gasteiger partial charge in [0.15, 0.2) is 11.9 Å². The van der Waals surface area contributed by atoms with E-state index in [1.807, 2.05) is 35.0 Å². The van der Waals surface area contributed by atoms with E-state index >= 15 is 0 Å². The summed E-state index contributed by atoms with van der Waals surface area (Å²) in [6, 6.07) is 10.9. The number of hydrogen-bond acceptors (Lipinski definition) is 6. The third-order valence-electron chi connectivity index (χ3n) is 6.36. The second-order valence-corrected chi connectivity index (χ2v) is 8.34. The molecule has 1 saturated heterocycles. The fraction of sp³-hybridized carbons (Fsp3) is 0.375. The van der Waals surface area contributed by atoms with Gasteiger partial charge in [-0.1, -0.05) is 12.1 Å². The SMILES string of the molecule is COc1ccc(CNC(=O)[C@H]2Cn3ccnc3C3(CCN(C(=O)c4ccco4)CC3)O2)cc1. The Bertz CT molecular complexity index is 1110. The predicted molar refractivity (Wildman–Crippen MR) is 117 cm³/mol. The molecule has 5 rings (SSSR count). The Morgan fingerprint density at radius 1 is 1.21 bits per heavy atom. The molecule has 1 N–H and O–H groups in total. The minimum atomic E-state index is -0.705. The number of methoxy groups -OCH3 is 1. The van der Waals surface area contributed by atoms with Crippen molar-refractivity contribution in [1.29, 1.82) is 0 Å². The molecule has 1 fully saturated rings. The highest BCUT2D eigenvalue weighted by Gasteiger charge is 2.47. The first kappa shape index (κ1) is 21.3. The number of ether oxygens (including phenoxy) is 2. The summed E-state index contributed by atoms with van der Waals surface area (Å²) < 4.78 is 18.9. The molecule has 2 aliphatic rings. The molecular formula is C24H26N4O5. The van der Waals surface area contributed by atoms with Crippen molar-refractivity contribution in [3.8, 4) is 5.75 Å². The van der Waals surface area contributed by atoms with Crippen LogP contribution in [0.3, 0.4) is 0 Å². The molecule has 2 amide bonds. The van der Waals surface area contributed by atoms with Crippen LogP contribution in [0, 0.1) is 0 Å². The first-order chi connectivity index (χ1) is 16.1. The standard InChI is InChI=1S/C24H26N4O5/c1-31-18-6-4-17(5-7-18)15-26-21(29)20-16-28-13-10-25-23(28)24(33-20)8-11-27(12-9-24)22(30)19-3-2-14-32-19/h2-7,10,13-14,20H,8-9,11-12,15-16H2,1H3,(H,26,29)/t20-/m1/s1. The molecule has 0 unspecified atom stereocenters. The molecule has 9 nitrogen and oxygen atoms in total. The van der Waals surface area contributed by atoms with Crippen LogP contribution in [0.4, 0.5) is 0 Å². The molecule has 1 spiro atoms. The maximum Gasteiger partial charge on any atom is 0.289 e. The van der Waals surface area contributed by atoms with Crippen LogP contribution in [0.25, 0.3) is 0 Å². The van der Waals surface area contributed by atoms with Crippen molar-refractivity contribution in [2.24, 2.45) is 0 Å². The average Bonchev–Trinajstić information content (AvgIpc) is 3.56. The maximum absolute atomic E-state index is 13.0. The quantitative estimate of drug-likeness (QED) is 0.641. The molecule has 2 aromatic heterocycles. The zero-order valence-corrected chi connectivity index (χ0v) is 18.4. The van der Waals surface area contributed by atoms with E-state index in [0.29, 0.717) is 44.8 Å². The normalized spacial score (nSPS) is 19.2. The summed E-state index contributed by atoms with van der Waals surface area (Å²) in [6.45, 7) is 1.79. The molecule has 172 valence electrons. The molecule has 0 saturated carbocycles. The smallest absolute Gasteiger partial charge is 0.289 e. The zero-order chi connectivity index (χ0) is 22.8. The highest BCUT2D eigenvalue weighted by Crippen LogP contribution is 2.40. The van der Waals surface area contributed by atoms with Gasteiger partial charge in [-0.25, -0.2) is 4.98 Å². The first-order valence-electron chi connectivity index (χ1n) is 11.0. The van der Waals surface area contributed by atoms with Gasteiger partial charge >= 0.3 is 0 Å². The Balaban J connectivity index is 1.26. The van der Waals surface area contributed by atoms with Crippen LogP contribution in [-0.2, 0) is 28.2 Å². The van der Waals surface area contributed by atoms with E-state index in [1.54, 1.807) is 30.3 Å². The van der Waals surface area contributed by atoms with Gasteiger partial charge in [0.2, 0.25) is 0 Å². The van der Waals surface area contributed by atoms with Crippen molar-refractivity contribution in [3.05, 3.63) is 72.2 Å². The minimum Gasteiger partial charge on any atom is -0.497 e. The lowest BCUT2D eigenvalue weighted by Crippen LogP contribution is -2.54. The summed E-state index contributed by atoms with van der Waals surface area (Å²) in [5, 5.41) is 2.98. The highest BCUT2D eigenvalue weighted by atomic mass is 16.5. The largest absolute Gasteiger partial charge is 0.497 e. The Hall–Kier alpha value is -3.59. The van der Waals surface area contributed by atoms with E-state index in [4.69, 9.17) is 13.9 Å². The van der Waals surface area contributed by atoms with Crippen LogP contribution in [0.5, 0.6) is 5.75 Å². The van der Waals surface area contributed by atoms with Crippen molar-refractivity contribution in [3.63, 3.8) is 0 Å². The van der Waals surface area contributed by atoms with Crippen LogP contribution in [-0.4, -0.2) is 52.6 Å². The van der Waals surface area contributed by atoms with Gasteiger partial charge in [-0.05, 0) is 29.8 Å². The number of carbonyl (C=O) groups is 2. The van der Waals surface area contributed by atoms with Crippen molar-refractivity contribution in [2.75, 3.05) is 20.2 Å². The summed E-state index contributed by atoms with van der Waals surface area (Å²) in [5.41, 5.74) is 0.270. The lowest BCUT2D eigenvalue weighted by molar-refractivity contribution is -0.172. The van der Waals surface area contributed by atoms with Crippen LogP contribution in [0.1, 0.15) is 34.8 Å². The minimum absolute atomic E-state index is 0.136. The molecule has 1 aromatic carbocycles. The van der Waals surface area contributed by atoms with Gasteiger partial charge in [-0.2, -0.15) is 0 Å². The molecule has 1 atom stereocenters. The summed E-state index contributed by atoms with van der Waals surface area (Å²) in [7, 11) is 1.62. The molecule has 4 heterocycles. The number of rotatable bonds is 5. The number of carbonyl (C=O) groups excluding carboxylic acids is 2. The van der Waals surface area contributed by atoms with Gasteiger partial charge in [-0.15, -0.1) is 0 Å². The van der Waals surface area contributed by atoms with Crippen LogP contribution >= 0.6 is 0 Å². The number of likely N-dealkylation sites (tertiary alicyclic amines) is 1. The van der Waals surface area contributed by atoms with Gasteiger partial charge in [0.05, 0.1) is 19.9 Å². The molecule has 33 heavy (non-hydrogen) atoms. The zero-order valence-electron chi connectivity index (χ0n) is 18.4. The van der Waals surface area contributed by atoms with Crippen molar-refractivity contribution in [1.82, 2.24) is 19.8 Å². The van der Waals surface area contributed by atoms with Gasteiger partial charge in [0.25, 0.3) is 11.8 Å². The second kappa shape index (κ2) is 8.74. The number of nitrogens with zero attached hydrogens (tertiary/aromatic N) is 3. The van der Waals surface area contributed by atoms with E-state index in [2.05, 4.69) is 10.3 Å². The lowest BCUT2D eigenvalue weighted by Gasteiger charge is -2.45. The summed E-state index contributed by atoms with van der Waals surface area (Å²) in [4.78, 5) is 32.0. The van der Waals surface area contributed by atoms with E-state index in [1.165, 1.54) is 6.26 Å². The number of piperidine rings is 1. The van der Waals surface area contributed by atoms with Crippen LogP contribution < -0.4 is 10.1 Å². The van der Waals surface area contributed by atoms with Gasteiger partial charge in [-0.3, -0.25) is 9.59 Å². The van der Waals surface area contributed by atoms with E-state index in [0.717, 1.165) is 17.1 Å². The monoisotopic (exact) mass is 450 g/mol. The summed E-state index contributed by atoms with van der Waals surface area (Å²) in [6.07, 6.45) is 5.58. The first-order valence-corrected chi connectivity index (χ1v) is 11.0. The molecule has 9 heteroatoms.